The van der Waals surface area contributed by atoms with Crippen LogP contribution in [-0.4, -0.2) is 23.0 Å². The average molecular weight is 373 g/mol. The number of carbonyl (C=O) groups excluding carboxylic acids is 1. The monoisotopic (exact) mass is 373 g/mol. The van der Waals surface area contributed by atoms with Crippen molar-refractivity contribution in [2.45, 2.75) is 25.3 Å². The third-order valence-electron chi connectivity index (χ3n) is 2.59. The maximum atomic E-state index is 11.6. The summed E-state index contributed by atoms with van der Waals surface area (Å²) in [5.41, 5.74) is 0.916. The fourth-order valence-electron chi connectivity index (χ4n) is 1.58. The Morgan fingerprint density at radius 3 is 2.68 bits per heavy atom. The molecule has 1 aromatic carbocycles. The molecule has 1 aromatic rings. The van der Waals surface area contributed by atoms with E-state index in [2.05, 4.69) is 34.5 Å². The largest absolute Gasteiger partial charge is 0.480 e. The Balaban J connectivity index is 2.68. The van der Waals surface area contributed by atoms with Crippen LogP contribution in [0.25, 0.3) is 0 Å². The van der Waals surface area contributed by atoms with E-state index in [4.69, 9.17) is 5.11 Å². The summed E-state index contributed by atoms with van der Waals surface area (Å²) in [7, 11) is 0. The van der Waals surface area contributed by atoms with Crippen LogP contribution < -0.4 is 5.32 Å². The summed E-state index contributed by atoms with van der Waals surface area (Å²) in [6.45, 7) is 3.53. The number of aliphatic carboxylic acids is 1. The standard InChI is InChI=1S/C14H16INO3/c1-2-3-8-13(17)16-12(14(18)19)9-10-6-4-5-7-11(10)15/h2,4-7,12H,1,3,8-9H2,(H,16,17)(H,18,19). The smallest absolute Gasteiger partial charge is 0.326 e. The molecule has 0 radical (unpaired) electrons. The SMILES string of the molecule is C=CCCC(=O)NC(Cc1ccccc1I)C(=O)O. The van der Waals surface area contributed by atoms with Crippen molar-refractivity contribution >= 4 is 34.5 Å². The van der Waals surface area contributed by atoms with E-state index in [0.717, 1.165) is 9.13 Å². The van der Waals surface area contributed by atoms with Crippen LogP contribution in [0.3, 0.4) is 0 Å². The van der Waals surface area contributed by atoms with Gasteiger partial charge < -0.3 is 10.4 Å². The molecule has 0 aromatic heterocycles. The molecule has 2 N–H and O–H groups in total. The Kier molecular flexibility index (Phi) is 6.55. The second-order valence-corrected chi connectivity index (χ2v) is 5.24. The number of hydrogen-bond acceptors (Lipinski definition) is 2. The molecule has 0 fully saturated rings. The van der Waals surface area contributed by atoms with Gasteiger partial charge in [-0.15, -0.1) is 6.58 Å². The number of benzene rings is 1. The van der Waals surface area contributed by atoms with Crippen LogP contribution in [0.1, 0.15) is 18.4 Å². The molecule has 0 saturated heterocycles. The first kappa shape index (κ1) is 15.7. The van der Waals surface area contributed by atoms with Crippen molar-refractivity contribution < 1.29 is 14.7 Å². The Morgan fingerprint density at radius 1 is 1.42 bits per heavy atom. The molecule has 0 heterocycles. The van der Waals surface area contributed by atoms with Crippen LogP contribution in [0.15, 0.2) is 36.9 Å². The summed E-state index contributed by atoms with van der Waals surface area (Å²) in [5.74, 6) is -1.29. The molecule has 1 rings (SSSR count). The second kappa shape index (κ2) is 7.93. The van der Waals surface area contributed by atoms with Gasteiger partial charge in [0.2, 0.25) is 5.91 Å². The number of carbonyl (C=O) groups is 2. The summed E-state index contributed by atoms with van der Waals surface area (Å²) >= 11 is 2.15. The van der Waals surface area contributed by atoms with Gasteiger partial charge in [-0.2, -0.15) is 0 Å². The molecule has 0 aliphatic heterocycles. The van der Waals surface area contributed by atoms with E-state index in [1.807, 2.05) is 24.3 Å². The zero-order chi connectivity index (χ0) is 14.3. The lowest BCUT2D eigenvalue weighted by Crippen LogP contribution is -2.42. The summed E-state index contributed by atoms with van der Waals surface area (Å²) in [6, 6.07) is 6.63. The van der Waals surface area contributed by atoms with Crippen LogP contribution in [-0.2, 0) is 16.0 Å². The first-order valence-corrected chi connectivity index (χ1v) is 6.99. The fourth-order valence-corrected chi connectivity index (χ4v) is 2.19. The molecule has 0 aliphatic rings. The molecule has 102 valence electrons. The number of nitrogens with one attached hydrogen (secondary N) is 1. The molecule has 5 heteroatoms. The summed E-state index contributed by atoms with van der Waals surface area (Å²) in [5, 5.41) is 11.7. The van der Waals surface area contributed by atoms with Crippen LogP contribution in [0.5, 0.6) is 0 Å². The summed E-state index contributed by atoms with van der Waals surface area (Å²) < 4.78 is 0.992. The highest BCUT2D eigenvalue weighted by Crippen LogP contribution is 2.13. The van der Waals surface area contributed by atoms with E-state index in [9.17, 15) is 9.59 Å². The number of carboxylic acid groups (broad SMARTS) is 1. The van der Waals surface area contributed by atoms with Gasteiger partial charge in [0.15, 0.2) is 0 Å². The number of rotatable bonds is 7. The van der Waals surface area contributed by atoms with Crippen molar-refractivity contribution in [3.63, 3.8) is 0 Å². The van der Waals surface area contributed by atoms with Crippen molar-refractivity contribution in [3.8, 4) is 0 Å². The summed E-state index contributed by atoms with van der Waals surface area (Å²) in [6.07, 6.45) is 2.73. The lowest BCUT2D eigenvalue weighted by atomic mass is 10.1. The van der Waals surface area contributed by atoms with Crippen molar-refractivity contribution in [1.29, 1.82) is 0 Å². The lowest BCUT2D eigenvalue weighted by Gasteiger charge is -2.15. The zero-order valence-corrected chi connectivity index (χ0v) is 12.6. The maximum absolute atomic E-state index is 11.6. The topological polar surface area (TPSA) is 66.4 Å². The van der Waals surface area contributed by atoms with Gasteiger partial charge in [-0.25, -0.2) is 4.79 Å². The normalized spacial score (nSPS) is 11.6. The van der Waals surface area contributed by atoms with Gasteiger partial charge in [0.05, 0.1) is 0 Å². The Labute approximate surface area is 126 Å². The van der Waals surface area contributed by atoms with Gasteiger partial charge in [0.25, 0.3) is 0 Å². The van der Waals surface area contributed by atoms with E-state index in [1.54, 1.807) is 6.08 Å². The molecular weight excluding hydrogens is 357 g/mol. The number of allylic oxidation sites excluding steroid dienone is 1. The Bertz CT molecular complexity index is 474. The minimum absolute atomic E-state index is 0.263. The quantitative estimate of drug-likeness (QED) is 0.570. The van der Waals surface area contributed by atoms with Crippen molar-refractivity contribution in [1.82, 2.24) is 5.32 Å². The minimum Gasteiger partial charge on any atom is -0.480 e. The first-order chi connectivity index (χ1) is 9.04. The van der Waals surface area contributed by atoms with Crippen molar-refractivity contribution in [2.75, 3.05) is 0 Å². The van der Waals surface area contributed by atoms with Gasteiger partial charge >= 0.3 is 5.97 Å². The van der Waals surface area contributed by atoms with Crippen molar-refractivity contribution in [3.05, 3.63) is 46.1 Å². The van der Waals surface area contributed by atoms with Crippen LogP contribution in [0.2, 0.25) is 0 Å². The number of hydrogen-bond donors (Lipinski definition) is 2. The van der Waals surface area contributed by atoms with E-state index < -0.39 is 12.0 Å². The maximum Gasteiger partial charge on any atom is 0.326 e. The van der Waals surface area contributed by atoms with Gasteiger partial charge in [0, 0.05) is 16.4 Å². The molecule has 1 unspecified atom stereocenters. The van der Waals surface area contributed by atoms with E-state index >= 15 is 0 Å². The molecule has 19 heavy (non-hydrogen) atoms. The van der Waals surface area contributed by atoms with E-state index in [0.29, 0.717) is 6.42 Å². The lowest BCUT2D eigenvalue weighted by molar-refractivity contribution is -0.141. The molecule has 0 aliphatic carbocycles. The number of carboxylic acids is 1. The first-order valence-electron chi connectivity index (χ1n) is 5.91. The second-order valence-electron chi connectivity index (χ2n) is 4.08. The number of amides is 1. The predicted octanol–water partition coefficient (Wildman–Crippen LogP) is 2.37. The third kappa shape index (κ3) is 5.42. The average Bonchev–Trinajstić information content (AvgIpc) is 2.38. The van der Waals surface area contributed by atoms with Gasteiger partial charge in [-0.3, -0.25) is 4.79 Å². The van der Waals surface area contributed by atoms with E-state index in [-0.39, 0.29) is 18.7 Å². The Morgan fingerprint density at radius 2 is 2.11 bits per heavy atom. The van der Waals surface area contributed by atoms with Crippen LogP contribution in [0.4, 0.5) is 0 Å². The molecular formula is C14H16INO3. The molecule has 1 amide bonds. The van der Waals surface area contributed by atoms with Crippen molar-refractivity contribution in [2.24, 2.45) is 0 Å². The fraction of sp³-hybridized carbons (Fsp3) is 0.286. The third-order valence-corrected chi connectivity index (χ3v) is 3.64. The number of halogens is 1. The molecule has 4 nitrogen and oxygen atoms in total. The minimum atomic E-state index is -1.02. The molecule has 0 spiro atoms. The highest BCUT2D eigenvalue weighted by molar-refractivity contribution is 14.1. The molecule has 1 atom stereocenters. The van der Waals surface area contributed by atoms with Crippen LogP contribution >= 0.6 is 22.6 Å². The summed E-state index contributed by atoms with van der Waals surface area (Å²) in [4.78, 5) is 22.8. The molecule has 0 bridgehead atoms. The van der Waals surface area contributed by atoms with Gasteiger partial charge in [-0.05, 0) is 40.6 Å². The van der Waals surface area contributed by atoms with E-state index in [1.165, 1.54) is 0 Å². The Hall–Kier alpha value is -1.37. The predicted molar refractivity (Wildman–Crippen MR) is 81.9 cm³/mol. The van der Waals surface area contributed by atoms with Gasteiger partial charge in [0.1, 0.15) is 6.04 Å². The van der Waals surface area contributed by atoms with Crippen LogP contribution in [0, 0.1) is 3.57 Å². The highest BCUT2D eigenvalue weighted by atomic mass is 127. The van der Waals surface area contributed by atoms with Gasteiger partial charge in [-0.1, -0.05) is 24.3 Å². The molecule has 0 saturated carbocycles. The highest BCUT2D eigenvalue weighted by Gasteiger charge is 2.20. The zero-order valence-electron chi connectivity index (χ0n) is 10.4.